The lowest BCUT2D eigenvalue weighted by molar-refractivity contribution is -0.0515. The van der Waals surface area contributed by atoms with Gasteiger partial charge in [-0.05, 0) is 6.07 Å². The maximum Gasteiger partial charge on any atom is 0.387 e. The van der Waals surface area contributed by atoms with Crippen molar-refractivity contribution < 1.29 is 18.6 Å². The van der Waals surface area contributed by atoms with E-state index >= 15 is 0 Å². The van der Waals surface area contributed by atoms with Gasteiger partial charge in [-0.2, -0.15) is 8.78 Å². The van der Waals surface area contributed by atoms with Gasteiger partial charge in [-0.3, -0.25) is 0 Å². The van der Waals surface area contributed by atoms with Crippen LogP contribution in [-0.4, -0.2) is 11.7 Å². The van der Waals surface area contributed by atoms with Crippen molar-refractivity contribution >= 4 is 0 Å². The highest BCUT2D eigenvalue weighted by Gasteiger charge is 2.14. The van der Waals surface area contributed by atoms with Crippen molar-refractivity contribution in [1.29, 1.82) is 0 Å². The summed E-state index contributed by atoms with van der Waals surface area (Å²) < 4.78 is 28.3. The smallest absolute Gasteiger partial charge is 0.387 e. The van der Waals surface area contributed by atoms with Crippen LogP contribution in [0.5, 0.6) is 5.75 Å². The first-order valence-corrected chi connectivity index (χ1v) is 4.30. The third kappa shape index (κ3) is 3.22. The van der Waals surface area contributed by atoms with Crippen LogP contribution in [0, 0.1) is 12.3 Å². The minimum atomic E-state index is -2.91. The van der Waals surface area contributed by atoms with Crippen molar-refractivity contribution in [1.82, 2.24) is 0 Å². The standard InChI is InChI=1S/C11H10F2O2/c1-2-5-9(14)8-6-3-4-7-10(8)15-11(12)13/h1,3-4,6-7,9,11,14H,5H2. The summed E-state index contributed by atoms with van der Waals surface area (Å²) in [5.41, 5.74) is 0.274. The normalized spacial score (nSPS) is 12.2. The van der Waals surface area contributed by atoms with Crippen LogP contribution in [0.2, 0.25) is 0 Å². The molecule has 0 bridgehead atoms. The second-order valence-corrected chi connectivity index (χ2v) is 2.84. The number of hydrogen-bond acceptors (Lipinski definition) is 2. The number of para-hydroxylation sites is 1. The van der Waals surface area contributed by atoms with Crippen molar-refractivity contribution in [2.45, 2.75) is 19.1 Å². The molecule has 0 aliphatic rings. The Bertz CT molecular complexity index is 358. The Balaban J connectivity index is 2.91. The molecule has 2 nitrogen and oxygen atoms in total. The highest BCUT2D eigenvalue weighted by atomic mass is 19.3. The molecule has 0 aliphatic heterocycles. The predicted octanol–water partition coefficient (Wildman–Crippen LogP) is 2.34. The molecule has 1 N–H and O–H groups in total. The lowest BCUT2D eigenvalue weighted by atomic mass is 10.1. The van der Waals surface area contributed by atoms with Gasteiger partial charge in [0.2, 0.25) is 0 Å². The van der Waals surface area contributed by atoms with Crippen LogP contribution in [0.25, 0.3) is 0 Å². The molecule has 1 aromatic carbocycles. The third-order valence-corrected chi connectivity index (χ3v) is 1.81. The summed E-state index contributed by atoms with van der Waals surface area (Å²) >= 11 is 0. The van der Waals surface area contributed by atoms with E-state index in [-0.39, 0.29) is 17.7 Å². The molecule has 0 fully saturated rings. The summed E-state index contributed by atoms with van der Waals surface area (Å²) in [6, 6.07) is 6.03. The van der Waals surface area contributed by atoms with Crippen LogP contribution in [0.15, 0.2) is 24.3 Å². The van der Waals surface area contributed by atoms with E-state index in [0.29, 0.717) is 0 Å². The monoisotopic (exact) mass is 212 g/mol. The van der Waals surface area contributed by atoms with Gasteiger partial charge in [0.05, 0.1) is 6.10 Å². The first-order valence-electron chi connectivity index (χ1n) is 4.30. The van der Waals surface area contributed by atoms with E-state index in [4.69, 9.17) is 6.42 Å². The molecule has 0 radical (unpaired) electrons. The molecule has 0 saturated heterocycles. The van der Waals surface area contributed by atoms with Crippen LogP contribution in [0.1, 0.15) is 18.1 Å². The zero-order valence-electron chi connectivity index (χ0n) is 7.86. The van der Waals surface area contributed by atoms with Crippen LogP contribution in [0.4, 0.5) is 8.78 Å². The number of benzene rings is 1. The zero-order chi connectivity index (χ0) is 11.3. The Morgan fingerprint density at radius 1 is 1.40 bits per heavy atom. The van der Waals surface area contributed by atoms with E-state index in [1.54, 1.807) is 12.1 Å². The lowest BCUT2D eigenvalue weighted by Crippen LogP contribution is -2.06. The number of halogens is 2. The minimum Gasteiger partial charge on any atom is -0.434 e. The van der Waals surface area contributed by atoms with E-state index in [0.717, 1.165) is 0 Å². The van der Waals surface area contributed by atoms with Gasteiger partial charge in [0.25, 0.3) is 0 Å². The Kier molecular flexibility index (Phi) is 4.07. The summed E-state index contributed by atoms with van der Waals surface area (Å²) in [6.07, 6.45) is 4.10. The van der Waals surface area contributed by atoms with Crippen LogP contribution in [0.3, 0.4) is 0 Å². The molecule has 15 heavy (non-hydrogen) atoms. The Morgan fingerprint density at radius 3 is 2.67 bits per heavy atom. The number of alkyl halides is 2. The van der Waals surface area contributed by atoms with E-state index in [1.165, 1.54) is 12.1 Å². The van der Waals surface area contributed by atoms with Crippen molar-refractivity contribution in [3.05, 3.63) is 29.8 Å². The van der Waals surface area contributed by atoms with Crippen LogP contribution >= 0.6 is 0 Å². The fourth-order valence-corrected chi connectivity index (χ4v) is 1.18. The van der Waals surface area contributed by atoms with Crippen molar-refractivity contribution in [3.8, 4) is 18.1 Å². The number of terminal acetylenes is 1. The summed E-state index contributed by atoms with van der Waals surface area (Å²) in [7, 11) is 0. The second-order valence-electron chi connectivity index (χ2n) is 2.84. The lowest BCUT2D eigenvalue weighted by Gasteiger charge is -2.13. The SMILES string of the molecule is C#CCC(O)c1ccccc1OC(F)F. The van der Waals surface area contributed by atoms with Crippen molar-refractivity contribution in [2.75, 3.05) is 0 Å². The summed E-state index contributed by atoms with van der Waals surface area (Å²) in [5.74, 6) is 2.21. The number of rotatable bonds is 4. The molecular formula is C11H10F2O2. The Morgan fingerprint density at radius 2 is 2.07 bits per heavy atom. The van der Waals surface area contributed by atoms with Gasteiger partial charge < -0.3 is 9.84 Å². The molecule has 80 valence electrons. The Hall–Kier alpha value is -1.60. The fourth-order valence-electron chi connectivity index (χ4n) is 1.18. The first kappa shape index (κ1) is 11.5. The van der Waals surface area contributed by atoms with Crippen molar-refractivity contribution in [2.24, 2.45) is 0 Å². The van der Waals surface area contributed by atoms with Gasteiger partial charge in [0.1, 0.15) is 5.75 Å². The topological polar surface area (TPSA) is 29.5 Å². The van der Waals surface area contributed by atoms with Crippen LogP contribution < -0.4 is 4.74 Å². The third-order valence-electron chi connectivity index (χ3n) is 1.81. The molecule has 1 atom stereocenters. The Labute approximate surface area is 86.5 Å². The van der Waals surface area contributed by atoms with Gasteiger partial charge in [-0.15, -0.1) is 12.3 Å². The van der Waals surface area contributed by atoms with Crippen LogP contribution in [-0.2, 0) is 0 Å². The molecule has 0 spiro atoms. The number of aliphatic hydroxyl groups excluding tert-OH is 1. The van der Waals surface area contributed by atoms with Gasteiger partial charge in [0, 0.05) is 12.0 Å². The summed E-state index contributed by atoms with van der Waals surface area (Å²) in [5, 5.41) is 9.55. The van der Waals surface area contributed by atoms with Gasteiger partial charge in [-0.1, -0.05) is 18.2 Å². The summed E-state index contributed by atoms with van der Waals surface area (Å²) in [4.78, 5) is 0. The van der Waals surface area contributed by atoms with Gasteiger partial charge in [0.15, 0.2) is 0 Å². The minimum absolute atomic E-state index is 0.0461. The highest BCUT2D eigenvalue weighted by molar-refractivity contribution is 5.35. The summed E-state index contributed by atoms with van der Waals surface area (Å²) in [6.45, 7) is -2.91. The molecule has 1 aromatic rings. The van der Waals surface area contributed by atoms with E-state index in [1.807, 2.05) is 0 Å². The average molecular weight is 212 g/mol. The molecule has 4 heteroatoms. The van der Waals surface area contributed by atoms with E-state index < -0.39 is 12.7 Å². The fraction of sp³-hybridized carbons (Fsp3) is 0.273. The van der Waals surface area contributed by atoms with Gasteiger partial charge in [-0.25, -0.2) is 0 Å². The number of hydrogen-bond donors (Lipinski definition) is 1. The maximum absolute atomic E-state index is 12.0. The van der Waals surface area contributed by atoms with Crippen molar-refractivity contribution in [3.63, 3.8) is 0 Å². The second kappa shape index (κ2) is 5.32. The quantitative estimate of drug-likeness (QED) is 0.776. The number of aliphatic hydroxyl groups is 1. The molecule has 1 rings (SSSR count). The first-order chi connectivity index (χ1) is 7.15. The zero-order valence-corrected chi connectivity index (χ0v) is 7.86. The molecule has 0 amide bonds. The van der Waals surface area contributed by atoms with E-state index in [2.05, 4.69) is 10.7 Å². The average Bonchev–Trinajstić information content (AvgIpc) is 2.18. The maximum atomic E-state index is 12.0. The predicted molar refractivity (Wildman–Crippen MR) is 51.5 cm³/mol. The molecule has 1 unspecified atom stereocenters. The molecule has 0 aromatic heterocycles. The van der Waals surface area contributed by atoms with E-state index in [9.17, 15) is 13.9 Å². The molecule has 0 heterocycles. The largest absolute Gasteiger partial charge is 0.434 e. The molecule has 0 saturated carbocycles. The number of ether oxygens (including phenoxy) is 1. The molecule has 0 aliphatic carbocycles. The van der Waals surface area contributed by atoms with Gasteiger partial charge >= 0.3 is 6.61 Å². The molecular weight excluding hydrogens is 202 g/mol. The highest BCUT2D eigenvalue weighted by Crippen LogP contribution is 2.27.